The Kier molecular flexibility index (Phi) is 9.87. The second-order valence-corrected chi connectivity index (χ2v) is 3.61. The van der Waals surface area contributed by atoms with E-state index in [1.165, 1.54) is 32.1 Å². The van der Waals surface area contributed by atoms with E-state index in [0.29, 0.717) is 6.04 Å². The molecule has 3 heteroatoms. The molecule has 1 aliphatic carbocycles. The summed E-state index contributed by atoms with van der Waals surface area (Å²) in [6, 6.07) is 0.536. The lowest BCUT2D eigenvalue weighted by atomic mass is 9.97. The normalized spacial score (nSPS) is 17.8. The quantitative estimate of drug-likeness (QED) is 0.570. The Bertz CT molecular complexity index is 86.2. The molecule has 0 saturated heterocycles. The van der Waals surface area contributed by atoms with Crippen LogP contribution in [0.15, 0.2) is 0 Å². The van der Waals surface area contributed by atoms with Crippen LogP contribution in [0.1, 0.15) is 32.1 Å². The van der Waals surface area contributed by atoms with Gasteiger partial charge < -0.3 is 16.4 Å². The monoisotopic (exact) mass is 187 g/mol. The predicted octanol–water partition coefficient (Wildman–Crippen LogP) is 0.703. The van der Waals surface area contributed by atoms with Gasteiger partial charge in [-0.3, -0.25) is 0 Å². The summed E-state index contributed by atoms with van der Waals surface area (Å²) < 4.78 is 0. The Morgan fingerprint density at radius 1 is 1.00 bits per heavy atom. The lowest BCUT2D eigenvalue weighted by molar-refractivity contribution is 0.441. The van der Waals surface area contributed by atoms with Crippen LogP contribution in [-0.2, 0) is 0 Å². The first kappa shape index (κ1) is 12.9. The molecule has 0 aromatic rings. The fourth-order valence-corrected chi connectivity index (χ4v) is 1.38. The zero-order valence-corrected chi connectivity index (χ0v) is 9.10. The maximum absolute atomic E-state index is 5.63. The molecule has 80 valence electrons. The summed E-state index contributed by atoms with van der Waals surface area (Å²) in [5.41, 5.74) is 5.63. The van der Waals surface area contributed by atoms with E-state index in [1.807, 2.05) is 14.1 Å². The topological polar surface area (TPSA) is 50.1 Å². The molecule has 4 N–H and O–H groups in total. The third kappa shape index (κ3) is 9.80. The van der Waals surface area contributed by atoms with Crippen LogP contribution in [-0.4, -0.2) is 33.2 Å². The van der Waals surface area contributed by atoms with Crippen molar-refractivity contribution in [3.63, 3.8) is 0 Å². The molecule has 0 spiro atoms. The first-order valence-corrected chi connectivity index (χ1v) is 5.36. The van der Waals surface area contributed by atoms with Crippen molar-refractivity contribution in [3.05, 3.63) is 0 Å². The van der Waals surface area contributed by atoms with Gasteiger partial charge in [-0.25, -0.2) is 0 Å². The molecule has 1 aliphatic rings. The number of nitrogens with two attached hydrogens (primary N) is 1. The molecule has 0 aliphatic heterocycles. The molecule has 1 saturated carbocycles. The molecular weight excluding hydrogens is 162 g/mol. The standard InChI is InChI=1S/C6H13N.C4H12N2/c7-6-4-2-1-3-5-6;1-5-3-4-6-2/h6H,1-5,7H2;5-6H,3-4H2,1-2H3. The average Bonchev–Trinajstić information content (AvgIpc) is 2.17. The fourth-order valence-electron chi connectivity index (χ4n) is 1.38. The van der Waals surface area contributed by atoms with Gasteiger partial charge in [0.05, 0.1) is 0 Å². The summed E-state index contributed by atoms with van der Waals surface area (Å²) >= 11 is 0. The van der Waals surface area contributed by atoms with Gasteiger partial charge in [-0.1, -0.05) is 19.3 Å². The molecule has 0 atom stereocenters. The predicted molar refractivity (Wildman–Crippen MR) is 58.9 cm³/mol. The number of hydrogen-bond donors (Lipinski definition) is 3. The summed E-state index contributed by atoms with van der Waals surface area (Å²) in [7, 11) is 3.88. The Hall–Kier alpha value is -0.120. The number of hydrogen-bond acceptors (Lipinski definition) is 3. The third-order valence-corrected chi connectivity index (χ3v) is 2.27. The third-order valence-electron chi connectivity index (χ3n) is 2.27. The van der Waals surface area contributed by atoms with Crippen molar-refractivity contribution < 1.29 is 0 Å². The minimum atomic E-state index is 0.536. The van der Waals surface area contributed by atoms with Crippen LogP contribution < -0.4 is 16.4 Å². The van der Waals surface area contributed by atoms with Gasteiger partial charge in [0.15, 0.2) is 0 Å². The highest BCUT2D eigenvalue weighted by atomic mass is 14.9. The molecule has 13 heavy (non-hydrogen) atoms. The zero-order chi connectivity index (χ0) is 9.94. The van der Waals surface area contributed by atoms with Gasteiger partial charge >= 0.3 is 0 Å². The van der Waals surface area contributed by atoms with Crippen LogP contribution in [0.3, 0.4) is 0 Å². The van der Waals surface area contributed by atoms with Crippen LogP contribution in [0.4, 0.5) is 0 Å². The number of rotatable bonds is 3. The molecule has 3 nitrogen and oxygen atoms in total. The van der Waals surface area contributed by atoms with Crippen molar-refractivity contribution in [1.29, 1.82) is 0 Å². The smallest absolute Gasteiger partial charge is 0.00736 e. The Morgan fingerprint density at radius 3 is 1.69 bits per heavy atom. The highest BCUT2D eigenvalue weighted by Crippen LogP contribution is 2.14. The van der Waals surface area contributed by atoms with Crippen molar-refractivity contribution in [2.45, 2.75) is 38.1 Å². The van der Waals surface area contributed by atoms with E-state index in [1.54, 1.807) is 0 Å². The highest BCUT2D eigenvalue weighted by Gasteiger charge is 2.06. The number of likely N-dealkylation sites (N-methyl/N-ethyl adjacent to an activating group) is 2. The second-order valence-electron chi connectivity index (χ2n) is 3.61. The van der Waals surface area contributed by atoms with Crippen LogP contribution >= 0.6 is 0 Å². The van der Waals surface area contributed by atoms with E-state index in [9.17, 15) is 0 Å². The van der Waals surface area contributed by atoms with E-state index >= 15 is 0 Å². The van der Waals surface area contributed by atoms with Crippen molar-refractivity contribution in [2.75, 3.05) is 27.2 Å². The number of nitrogens with one attached hydrogen (secondary N) is 2. The van der Waals surface area contributed by atoms with E-state index in [-0.39, 0.29) is 0 Å². The molecule has 1 fully saturated rings. The second kappa shape index (κ2) is 9.96. The van der Waals surface area contributed by atoms with E-state index in [2.05, 4.69) is 10.6 Å². The minimum absolute atomic E-state index is 0.536. The van der Waals surface area contributed by atoms with Crippen LogP contribution in [0.25, 0.3) is 0 Å². The maximum Gasteiger partial charge on any atom is 0.00736 e. The summed E-state index contributed by atoms with van der Waals surface area (Å²) in [5, 5.41) is 6.01. The van der Waals surface area contributed by atoms with Crippen LogP contribution in [0.2, 0.25) is 0 Å². The molecular formula is C10H25N3. The molecule has 0 aromatic heterocycles. The van der Waals surface area contributed by atoms with Crippen molar-refractivity contribution >= 4 is 0 Å². The van der Waals surface area contributed by atoms with Gasteiger partial charge in [0.1, 0.15) is 0 Å². The SMILES string of the molecule is CNCCNC.NC1CCCCC1. The summed E-state index contributed by atoms with van der Waals surface area (Å²) in [4.78, 5) is 0. The molecule has 0 amide bonds. The molecule has 0 heterocycles. The lowest BCUT2D eigenvalue weighted by Gasteiger charge is -2.15. The molecule has 1 rings (SSSR count). The average molecular weight is 187 g/mol. The van der Waals surface area contributed by atoms with Gasteiger partial charge in [-0.2, -0.15) is 0 Å². The van der Waals surface area contributed by atoms with E-state index in [0.717, 1.165) is 13.1 Å². The lowest BCUT2D eigenvalue weighted by Crippen LogP contribution is -2.22. The fraction of sp³-hybridized carbons (Fsp3) is 1.00. The van der Waals surface area contributed by atoms with Gasteiger partial charge in [0, 0.05) is 19.1 Å². The minimum Gasteiger partial charge on any atom is -0.328 e. The Balaban J connectivity index is 0.000000226. The summed E-state index contributed by atoms with van der Waals surface area (Å²) in [5.74, 6) is 0. The molecule has 0 aromatic carbocycles. The van der Waals surface area contributed by atoms with Gasteiger partial charge in [-0.15, -0.1) is 0 Å². The molecule has 0 unspecified atom stereocenters. The van der Waals surface area contributed by atoms with E-state index < -0.39 is 0 Å². The molecule has 0 radical (unpaired) electrons. The Labute approximate surface area is 82.5 Å². The first-order chi connectivity index (χ1) is 6.31. The summed E-state index contributed by atoms with van der Waals surface area (Å²) in [6.07, 6.45) is 6.66. The Morgan fingerprint density at radius 2 is 1.46 bits per heavy atom. The highest BCUT2D eigenvalue weighted by molar-refractivity contribution is 4.66. The largest absolute Gasteiger partial charge is 0.328 e. The maximum atomic E-state index is 5.63. The van der Waals surface area contributed by atoms with Crippen molar-refractivity contribution in [1.82, 2.24) is 10.6 Å². The van der Waals surface area contributed by atoms with Gasteiger partial charge in [0.2, 0.25) is 0 Å². The van der Waals surface area contributed by atoms with Crippen LogP contribution in [0, 0.1) is 0 Å². The molecule has 0 bridgehead atoms. The van der Waals surface area contributed by atoms with Crippen molar-refractivity contribution in [2.24, 2.45) is 5.73 Å². The van der Waals surface area contributed by atoms with Gasteiger partial charge in [0.25, 0.3) is 0 Å². The first-order valence-electron chi connectivity index (χ1n) is 5.36. The van der Waals surface area contributed by atoms with Crippen molar-refractivity contribution in [3.8, 4) is 0 Å². The van der Waals surface area contributed by atoms with E-state index in [4.69, 9.17) is 5.73 Å². The zero-order valence-electron chi connectivity index (χ0n) is 9.10. The van der Waals surface area contributed by atoms with Gasteiger partial charge in [-0.05, 0) is 26.9 Å². The summed E-state index contributed by atoms with van der Waals surface area (Å²) in [6.45, 7) is 2.10. The van der Waals surface area contributed by atoms with Crippen LogP contribution in [0.5, 0.6) is 0 Å².